The molecule has 1 amide bonds. The van der Waals surface area contributed by atoms with Gasteiger partial charge >= 0.3 is 0 Å². The molecule has 1 aliphatic heterocycles. The third kappa shape index (κ3) is 2.92. The lowest BCUT2D eigenvalue weighted by molar-refractivity contribution is 0.0958. The van der Waals surface area contributed by atoms with Gasteiger partial charge in [0.15, 0.2) is 0 Å². The summed E-state index contributed by atoms with van der Waals surface area (Å²) in [5.74, 6) is 1.19. The number of nitrogen functional groups attached to an aromatic ring is 1. The highest BCUT2D eigenvalue weighted by molar-refractivity contribution is 7.99. The number of thiophene rings is 1. The summed E-state index contributed by atoms with van der Waals surface area (Å²) in [7, 11) is 0. The van der Waals surface area contributed by atoms with Crippen LogP contribution in [0.1, 0.15) is 28.9 Å². The van der Waals surface area contributed by atoms with Gasteiger partial charge in [0.2, 0.25) is 0 Å². The molecule has 3 nitrogen and oxygen atoms in total. The quantitative estimate of drug-likeness (QED) is 0.873. The fourth-order valence-electron chi connectivity index (χ4n) is 1.76. The number of nitrogens with one attached hydrogen (secondary N) is 1. The number of anilines is 1. The van der Waals surface area contributed by atoms with E-state index in [0.29, 0.717) is 15.8 Å². The summed E-state index contributed by atoms with van der Waals surface area (Å²) in [6, 6.07) is 1.77. The fraction of sp³-hybridized carbons (Fsp3) is 0.545. The summed E-state index contributed by atoms with van der Waals surface area (Å²) in [5.41, 5.74) is 6.28. The normalized spacial score (nSPS) is 20.6. The first kappa shape index (κ1) is 11.8. The van der Waals surface area contributed by atoms with Gasteiger partial charge in [0.1, 0.15) is 4.88 Å². The van der Waals surface area contributed by atoms with Crippen molar-refractivity contribution in [1.82, 2.24) is 5.32 Å². The molecule has 2 heterocycles. The number of thioether (sulfide) groups is 1. The maximum atomic E-state index is 11.8. The van der Waals surface area contributed by atoms with Gasteiger partial charge in [-0.3, -0.25) is 4.79 Å². The average molecular weight is 256 g/mol. The zero-order chi connectivity index (χ0) is 11.4. The van der Waals surface area contributed by atoms with E-state index < -0.39 is 0 Å². The van der Waals surface area contributed by atoms with Crippen molar-refractivity contribution < 1.29 is 4.79 Å². The Kier molecular flexibility index (Phi) is 4.12. The standard InChI is InChI=1S/C11H16N2OS2/c12-9-4-6-16-10(9)11(14)13-7-8-3-1-2-5-15-8/h4,6,8H,1-3,5,7,12H2,(H,13,14). The van der Waals surface area contributed by atoms with E-state index >= 15 is 0 Å². The second kappa shape index (κ2) is 5.59. The molecule has 16 heavy (non-hydrogen) atoms. The second-order valence-electron chi connectivity index (χ2n) is 3.90. The van der Waals surface area contributed by atoms with E-state index in [4.69, 9.17) is 5.73 Å². The van der Waals surface area contributed by atoms with Crippen LogP contribution in [0.15, 0.2) is 11.4 Å². The second-order valence-corrected chi connectivity index (χ2v) is 6.23. The van der Waals surface area contributed by atoms with Crippen LogP contribution in [0.5, 0.6) is 0 Å². The molecule has 0 bridgehead atoms. The molecular formula is C11H16N2OS2. The molecule has 5 heteroatoms. The molecule has 88 valence electrons. The summed E-state index contributed by atoms with van der Waals surface area (Å²) < 4.78 is 0. The van der Waals surface area contributed by atoms with E-state index in [1.54, 1.807) is 6.07 Å². The number of carbonyl (C=O) groups excluding carboxylic acids is 1. The van der Waals surface area contributed by atoms with Crippen LogP contribution in [0.2, 0.25) is 0 Å². The van der Waals surface area contributed by atoms with Crippen molar-refractivity contribution >= 4 is 34.7 Å². The number of rotatable bonds is 3. The number of amides is 1. The molecule has 1 aliphatic rings. The summed E-state index contributed by atoms with van der Waals surface area (Å²) in [5, 5.41) is 5.40. The van der Waals surface area contributed by atoms with Gasteiger partial charge in [-0.25, -0.2) is 0 Å². The Labute approximate surface area is 104 Å². The summed E-state index contributed by atoms with van der Waals surface area (Å²) >= 11 is 3.36. The minimum atomic E-state index is -0.0290. The van der Waals surface area contributed by atoms with Crippen molar-refractivity contribution in [3.63, 3.8) is 0 Å². The van der Waals surface area contributed by atoms with Crippen molar-refractivity contribution in [1.29, 1.82) is 0 Å². The van der Waals surface area contributed by atoms with Crippen molar-refractivity contribution in [3.8, 4) is 0 Å². The molecule has 2 rings (SSSR count). The molecule has 0 aromatic carbocycles. The first-order valence-electron chi connectivity index (χ1n) is 5.50. The van der Waals surface area contributed by atoms with Gasteiger partial charge in [-0.15, -0.1) is 11.3 Å². The highest BCUT2D eigenvalue weighted by Gasteiger charge is 2.16. The van der Waals surface area contributed by atoms with Crippen molar-refractivity contribution in [3.05, 3.63) is 16.3 Å². The smallest absolute Gasteiger partial charge is 0.263 e. The molecule has 1 atom stereocenters. The van der Waals surface area contributed by atoms with E-state index in [9.17, 15) is 4.79 Å². The molecule has 0 aliphatic carbocycles. The number of carbonyl (C=O) groups is 1. The highest BCUT2D eigenvalue weighted by atomic mass is 32.2. The third-order valence-electron chi connectivity index (χ3n) is 2.67. The van der Waals surface area contributed by atoms with E-state index in [1.807, 2.05) is 17.1 Å². The first-order chi connectivity index (χ1) is 7.77. The minimum absolute atomic E-state index is 0.0290. The zero-order valence-corrected chi connectivity index (χ0v) is 10.7. The van der Waals surface area contributed by atoms with Crippen molar-refractivity contribution in [2.45, 2.75) is 24.5 Å². The summed E-state index contributed by atoms with van der Waals surface area (Å²) in [6.45, 7) is 0.765. The topological polar surface area (TPSA) is 55.1 Å². The van der Waals surface area contributed by atoms with Crippen LogP contribution in [-0.2, 0) is 0 Å². The van der Waals surface area contributed by atoms with Gasteiger partial charge in [-0.05, 0) is 30.0 Å². The maximum absolute atomic E-state index is 11.8. The van der Waals surface area contributed by atoms with E-state index in [0.717, 1.165) is 6.54 Å². The SMILES string of the molecule is Nc1ccsc1C(=O)NCC1CCCCS1. The Bertz CT molecular complexity index is 359. The lowest BCUT2D eigenvalue weighted by Crippen LogP contribution is -2.31. The van der Waals surface area contributed by atoms with Crippen LogP contribution in [0, 0.1) is 0 Å². The molecule has 1 unspecified atom stereocenters. The van der Waals surface area contributed by atoms with Crippen LogP contribution in [0.25, 0.3) is 0 Å². The maximum Gasteiger partial charge on any atom is 0.263 e. The Morgan fingerprint density at radius 1 is 1.56 bits per heavy atom. The molecule has 1 saturated heterocycles. The molecule has 0 saturated carbocycles. The molecule has 0 spiro atoms. The number of nitrogens with two attached hydrogens (primary N) is 1. The predicted molar refractivity (Wildman–Crippen MR) is 71.2 cm³/mol. The molecular weight excluding hydrogens is 240 g/mol. The zero-order valence-electron chi connectivity index (χ0n) is 9.07. The van der Waals surface area contributed by atoms with Gasteiger partial charge in [-0.2, -0.15) is 11.8 Å². The Morgan fingerprint density at radius 2 is 2.44 bits per heavy atom. The molecule has 0 radical (unpaired) electrons. The minimum Gasteiger partial charge on any atom is -0.397 e. The summed E-state index contributed by atoms with van der Waals surface area (Å²) in [6.07, 6.45) is 3.81. The van der Waals surface area contributed by atoms with Crippen LogP contribution in [0.4, 0.5) is 5.69 Å². The van der Waals surface area contributed by atoms with E-state index in [2.05, 4.69) is 5.32 Å². The van der Waals surface area contributed by atoms with Gasteiger partial charge in [-0.1, -0.05) is 6.42 Å². The molecule has 1 aromatic heterocycles. The summed E-state index contributed by atoms with van der Waals surface area (Å²) in [4.78, 5) is 12.4. The van der Waals surface area contributed by atoms with Gasteiger partial charge < -0.3 is 11.1 Å². The van der Waals surface area contributed by atoms with Crippen molar-refractivity contribution in [2.24, 2.45) is 0 Å². The van der Waals surface area contributed by atoms with Crippen LogP contribution in [-0.4, -0.2) is 23.5 Å². The van der Waals surface area contributed by atoms with Crippen LogP contribution in [0.3, 0.4) is 0 Å². The van der Waals surface area contributed by atoms with Crippen LogP contribution >= 0.6 is 23.1 Å². The third-order valence-corrected chi connectivity index (χ3v) is 4.99. The Balaban J connectivity index is 1.81. The van der Waals surface area contributed by atoms with Crippen molar-refractivity contribution in [2.75, 3.05) is 18.0 Å². The first-order valence-corrected chi connectivity index (χ1v) is 7.43. The highest BCUT2D eigenvalue weighted by Crippen LogP contribution is 2.24. The largest absolute Gasteiger partial charge is 0.397 e. The van der Waals surface area contributed by atoms with Gasteiger partial charge in [0.25, 0.3) is 5.91 Å². The molecule has 1 fully saturated rings. The molecule has 3 N–H and O–H groups in total. The van der Waals surface area contributed by atoms with E-state index in [-0.39, 0.29) is 5.91 Å². The number of hydrogen-bond donors (Lipinski definition) is 2. The lowest BCUT2D eigenvalue weighted by atomic mass is 10.2. The van der Waals surface area contributed by atoms with Gasteiger partial charge in [0, 0.05) is 11.8 Å². The molecule has 1 aromatic rings. The number of hydrogen-bond acceptors (Lipinski definition) is 4. The fourth-order valence-corrected chi connectivity index (χ4v) is 3.73. The Morgan fingerprint density at radius 3 is 3.06 bits per heavy atom. The predicted octanol–water partition coefficient (Wildman–Crippen LogP) is 2.35. The van der Waals surface area contributed by atoms with Gasteiger partial charge in [0.05, 0.1) is 5.69 Å². The van der Waals surface area contributed by atoms with Crippen LogP contribution < -0.4 is 11.1 Å². The average Bonchev–Trinajstić information content (AvgIpc) is 2.74. The monoisotopic (exact) mass is 256 g/mol. The lowest BCUT2D eigenvalue weighted by Gasteiger charge is -2.21. The Hall–Kier alpha value is -0.680. The van der Waals surface area contributed by atoms with E-state index in [1.165, 1.54) is 36.4 Å².